The SMILES string of the molecule is COc1c(F)cc2c(c1-c1noc(CN)n1)OCCO2. The van der Waals surface area contributed by atoms with Crippen LogP contribution in [0.25, 0.3) is 11.4 Å². The average molecular weight is 281 g/mol. The Balaban J connectivity index is 2.23. The van der Waals surface area contributed by atoms with Crippen LogP contribution < -0.4 is 19.9 Å². The van der Waals surface area contributed by atoms with Gasteiger partial charge in [-0.3, -0.25) is 0 Å². The molecule has 20 heavy (non-hydrogen) atoms. The number of methoxy groups -OCH3 is 1. The van der Waals surface area contributed by atoms with Crippen LogP contribution in [-0.2, 0) is 6.54 Å². The van der Waals surface area contributed by atoms with Gasteiger partial charge >= 0.3 is 0 Å². The maximum Gasteiger partial charge on any atom is 0.240 e. The van der Waals surface area contributed by atoms with Gasteiger partial charge in [-0.1, -0.05) is 5.16 Å². The number of nitrogens with two attached hydrogens (primary N) is 1. The van der Waals surface area contributed by atoms with E-state index in [9.17, 15) is 4.39 Å². The normalized spacial score (nSPS) is 13.3. The number of fused-ring (bicyclic) bond motifs is 1. The van der Waals surface area contributed by atoms with E-state index in [-0.39, 0.29) is 35.3 Å². The van der Waals surface area contributed by atoms with Gasteiger partial charge in [0.05, 0.1) is 13.7 Å². The van der Waals surface area contributed by atoms with Gasteiger partial charge in [0.1, 0.15) is 18.8 Å². The molecule has 1 aromatic heterocycles. The average Bonchev–Trinajstić information content (AvgIpc) is 2.94. The first-order valence-electron chi connectivity index (χ1n) is 5.93. The fourth-order valence-corrected chi connectivity index (χ4v) is 1.98. The number of rotatable bonds is 3. The lowest BCUT2D eigenvalue weighted by Crippen LogP contribution is -2.17. The van der Waals surface area contributed by atoms with Gasteiger partial charge in [0, 0.05) is 6.07 Å². The van der Waals surface area contributed by atoms with Crippen LogP contribution in [0.3, 0.4) is 0 Å². The minimum absolute atomic E-state index is 0.0291. The predicted octanol–water partition coefficient (Wildman–Crippen LogP) is 1.11. The van der Waals surface area contributed by atoms with Crippen LogP contribution >= 0.6 is 0 Å². The molecule has 8 heteroatoms. The van der Waals surface area contributed by atoms with Crippen LogP contribution in [0.2, 0.25) is 0 Å². The Labute approximate surface area is 113 Å². The summed E-state index contributed by atoms with van der Waals surface area (Å²) in [6.45, 7) is 0.777. The van der Waals surface area contributed by atoms with Gasteiger partial charge in [0.15, 0.2) is 23.1 Å². The van der Waals surface area contributed by atoms with Gasteiger partial charge in [-0.25, -0.2) is 4.39 Å². The Morgan fingerprint density at radius 2 is 2.20 bits per heavy atom. The van der Waals surface area contributed by atoms with Gasteiger partial charge in [0.2, 0.25) is 11.7 Å². The molecule has 0 spiro atoms. The first kappa shape index (κ1) is 12.7. The van der Waals surface area contributed by atoms with E-state index in [2.05, 4.69) is 10.1 Å². The fourth-order valence-electron chi connectivity index (χ4n) is 1.98. The molecule has 0 saturated heterocycles. The Morgan fingerprint density at radius 1 is 1.40 bits per heavy atom. The van der Waals surface area contributed by atoms with Gasteiger partial charge in [0.25, 0.3) is 0 Å². The minimum Gasteiger partial charge on any atom is -0.493 e. The molecule has 3 rings (SSSR count). The van der Waals surface area contributed by atoms with Crippen molar-refractivity contribution < 1.29 is 23.1 Å². The molecule has 0 saturated carbocycles. The number of benzene rings is 1. The Hall–Kier alpha value is -2.35. The molecule has 1 aromatic carbocycles. The first-order valence-corrected chi connectivity index (χ1v) is 5.93. The van der Waals surface area contributed by atoms with Crippen LogP contribution in [0.5, 0.6) is 17.2 Å². The number of aromatic nitrogens is 2. The summed E-state index contributed by atoms with van der Waals surface area (Å²) in [6, 6.07) is 1.21. The van der Waals surface area contributed by atoms with Gasteiger partial charge in [-0.15, -0.1) is 0 Å². The first-order chi connectivity index (χ1) is 9.74. The zero-order valence-corrected chi connectivity index (χ0v) is 10.7. The van der Waals surface area contributed by atoms with E-state index < -0.39 is 5.82 Å². The monoisotopic (exact) mass is 281 g/mol. The zero-order valence-electron chi connectivity index (χ0n) is 10.7. The second-order valence-electron chi connectivity index (χ2n) is 4.01. The third-order valence-electron chi connectivity index (χ3n) is 2.81. The van der Waals surface area contributed by atoms with Crippen molar-refractivity contribution in [3.63, 3.8) is 0 Å². The smallest absolute Gasteiger partial charge is 0.240 e. The molecule has 0 aliphatic carbocycles. The van der Waals surface area contributed by atoms with Gasteiger partial charge < -0.3 is 24.5 Å². The third kappa shape index (κ3) is 1.94. The molecule has 2 heterocycles. The summed E-state index contributed by atoms with van der Waals surface area (Å²) < 4.78 is 34.9. The molecule has 2 N–H and O–H groups in total. The third-order valence-corrected chi connectivity index (χ3v) is 2.81. The maximum absolute atomic E-state index is 14.0. The summed E-state index contributed by atoms with van der Waals surface area (Å²) in [5, 5.41) is 3.77. The molecule has 1 aliphatic heterocycles. The topological polar surface area (TPSA) is 92.6 Å². The van der Waals surface area contributed by atoms with E-state index in [0.29, 0.717) is 19.0 Å². The highest BCUT2D eigenvalue weighted by Gasteiger charge is 2.28. The van der Waals surface area contributed by atoms with Crippen molar-refractivity contribution in [3.05, 3.63) is 17.8 Å². The summed E-state index contributed by atoms with van der Waals surface area (Å²) >= 11 is 0. The van der Waals surface area contributed by atoms with Crippen molar-refractivity contribution >= 4 is 0 Å². The molecule has 7 nitrogen and oxygen atoms in total. The van der Waals surface area contributed by atoms with E-state index in [0.717, 1.165) is 0 Å². The molecule has 2 aromatic rings. The highest BCUT2D eigenvalue weighted by Crippen LogP contribution is 2.46. The molecular weight excluding hydrogens is 269 g/mol. The highest BCUT2D eigenvalue weighted by molar-refractivity contribution is 5.76. The summed E-state index contributed by atoms with van der Waals surface area (Å²) in [5.41, 5.74) is 5.68. The number of nitrogens with zero attached hydrogens (tertiary/aromatic N) is 2. The molecule has 106 valence electrons. The van der Waals surface area contributed by atoms with E-state index in [1.54, 1.807) is 0 Å². The standard InChI is InChI=1S/C12H12FN3O4/c1-17-10-6(13)4-7-11(19-3-2-18-7)9(10)12-15-8(5-14)20-16-12/h4H,2-3,5,14H2,1H3. The van der Waals surface area contributed by atoms with E-state index in [1.807, 2.05) is 0 Å². The van der Waals surface area contributed by atoms with Crippen molar-refractivity contribution in [1.29, 1.82) is 0 Å². The maximum atomic E-state index is 14.0. The van der Waals surface area contributed by atoms with Crippen LogP contribution in [0.15, 0.2) is 10.6 Å². The summed E-state index contributed by atoms with van der Waals surface area (Å²) in [4.78, 5) is 4.07. The van der Waals surface area contributed by atoms with Crippen molar-refractivity contribution in [1.82, 2.24) is 10.1 Å². The second-order valence-corrected chi connectivity index (χ2v) is 4.01. The van der Waals surface area contributed by atoms with E-state index in [1.165, 1.54) is 13.2 Å². The molecule has 0 atom stereocenters. The van der Waals surface area contributed by atoms with Crippen molar-refractivity contribution in [2.24, 2.45) is 5.73 Å². The lowest BCUT2D eigenvalue weighted by molar-refractivity contribution is 0.170. The molecular formula is C12H12FN3O4. The van der Waals surface area contributed by atoms with Gasteiger partial charge in [-0.05, 0) is 0 Å². The number of hydrogen-bond donors (Lipinski definition) is 1. The zero-order chi connectivity index (χ0) is 14.1. The summed E-state index contributed by atoms with van der Waals surface area (Å²) in [6.07, 6.45) is 0. The predicted molar refractivity (Wildman–Crippen MR) is 65.1 cm³/mol. The molecule has 0 radical (unpaired) electrons. The molecule has 0 unspecified atom stereocenters. The van der Waals surface area contributed by atoms with Crippen LogP contribution in [0.4, 0.5) is 4.39 Å². The van der Waals surface area contributed by atoms with Crippen LogP contribution in [0, 0.1) is 5.82 Å². The van der Waals surface area contributed by atoms with E-state index in [4.69, 9.17) is 24.5 Å². The van der Waals surface area contributed by atoms with Crippen LogP contribution in [0.1, 0.15) is 5.89 Å². The molecule has 0 fully saturated rings. The molecule has 0 amide bonds. The fraction of sp³-hybridized carbons (Fsp3) is 0.333. The lowest BCUT2D eigenvalue weighted by Gasteiger charge is -2.21. The van der Waals surface area contributed by atoms with Crippen LogP contribution in [-0.4, -0.2) is 30.5 Å². The molecule has 1 aliphatic rings. The number of ether oxygens (including phenoxy) is 3. The Bertz CT molecular complexity index is 644. The number of halogens is 1. The number of hydrogen-bond acceptors (Lipinski definition) is 7. The second kappa shape index (κ2) is 4.97. The van der Waals surface area contributed by atoms with E-state index >= 15 is 0 Å². The van der Waals surface area contributed by atoms with Crippen molar-refractivity contribution in [3.8, 4) is 28.6 Å². The highest BCUT2D eigenvalue weighted by atomic mass is 19.1. The molecule has 0 bridgehead atoms. The summed E-state index contributed by atoms with van der Waals surface area (Å²) in [7, 11) is 1.35. The largest absolute Gasteiger partial charge is 0.493 e. The van der Waals surface area contributed by atoms with Crippen molar-refractivity contribution in [2.75, 3.05) is 20.3 Å². The lowest BCUT2D eigenvalue weighted by atomic mass is 10.1. The Morgan fingerprint density at radius 3 is 2.90 bits per heavy atom. The minimum atomic E-state index is -0.592. The Kier molecular flexibility index (Phi) is 3.15. The van der Waals surface area contributed by atoms with Gasteiger partial charge in [-0.2, -0.15) is 4.98 Å². The summed E-state index contributed by atoms with van der Waals surface area (Å²) in [5.74, 6) is 0.368. The van der Waals surface area contributed by atoms with Crippen molar-refractivity contribution in [2.45, 2.75) is 6.54 Å². The quantitative estimate of drug-likeness (QED) is 0.900.